The molecule has 4 nitrogen and oxygen atoms in total. The first-order chi connectivity index (χ1) is 7.63. The van der Waals surface area contributed by atoms with Crippen LogP contribution in [0, 0.1) is 11.8 Å². The lowest BCUT2D eigenvalue weighted by Gasteiger charge is -2.27. The third kappa shape index (κ3) is 2.09. The van der Waals surface area contributed by atoms with Gasteiger partial charge < -0.3 is 10.2 Å². The number of hydrogen-bond donors (Lipinski definition) is 1. The molecule has 2 fully saturated rings. The highest BCUT2D eigenvalue weighted by Gasteiger charge is 2.43. The molecule has 0 aliphatic carbocycles. The van der Waals surface area contributed by atoms with Gasteiger partial charge >= 0.3 is 0 Å². The molecule has 2 rings (SSSR count). The normalized spacial score (nSPS) is 34.1. The van der Waals surface area contributed by atoms with Crippen molar-refractivity contribution in [3.05, 3.63) is 0 Å². The van der Waals surface area contributed by atoms with Crippen LogP contribution in [0.3, 0.4) is 0 Å². The minimum Gasteiger partial charge on any atom is -0.348 e. The summed E-state index contributed by atoms with van der Waals surface area (Å²) in [4.78, 5) is 15.8. The number of hydrogen-bond acceptors (Lipinski definition) is 3. The molecule has 3 atom stereocenters. The minimum absolute atomic E-state index is 0.228. The van der Waals surface area contributed by atoms with Crippen LogP contribution in [0.15, 0.2) is 0 Å². The zero-order chi connectivity index (χ0) is 11.7. The van der Waals surface area contributed by atoms with E-state index in [1.54, 1.807) is 4.90 Å². The zero-order valence-corrected chi connectivity index (χ0v) is 10.6. The minimum atomic E-state index is 0.228. The monoisotopic (exact) mass is 225 g/mol. The summed E-state index contributed by atoms with van der Waals surface area (Å²) in [6.07, 6.45) is 1.16. The Morgan fingerprint density at radius 1 is 1.44 bits per heavy atom. The SMILES string of the molecule is CCC1C2CNCC2CN1CC(=O)N(C)C. The molecule has 92 valence electrons. The van der Waals surface area contributed by atoms with Crippen molar-refractivity contribution in [2.75, 3.05) is 40.3 Å². The van der Waals surface area contributed by atoms with E-state index in [2.05, 4.69) is 17.1 Å². The summed E-state index contributed by atoms with van der Waals surface area (Å²) in [5.41, 5.74) is 0. The number of carbonyl (C=O) groups is 1. The van der Waals surface area contributed by atoms with Gasteiger partial charge in [-0.1, -0.05) is 6.92 Å². The predicted molar refractivity (Wildman–Crippen MR) is 64.2 cm³/mol. The Hall–Kier alpha value is -0.610. The van der Waals surface area contributed by atoms with Crippen LogP contribution in [0.2, 0.25) is 0 Å². The van der Waals surface area contributed by atoms with E-state index in [9.17, 15) is 4.79 Å². The quantitative estimate of drug-likeness (QED) is 0.734. The highest BCUT2D eigenvalue weighted by Crippen LogP contribution is 2.33. The number of nitrogens with one attached hydrogen (secondary N) is 1. The molecule has 0 aromatic heterocycles. The van der Waals surface area contributed by atoms with E-state index in [1.807, 2.05) is 14.1 Å². The summed E-state index contributed by atoms with van der Waals surface area (Å²) >= 11 is 0. The highest BCUT2D eigenvalue weighted by atomic mass is 16.2. The fourth-order valence-electron chi connectivity index (χ4n) is 3.17. The Morgan fingerprint density at radius 3 is 2.81 bits per heavy atom. The number of likely N-dealkylation sites (N-methyl/N-ethyl adjacent to an activating group) is 1. The second-order valence-corrected chi connectivity index (χ2v) is 5.28. The summed E-state index contributed by atoms with van der Waals surface area (Å²) in [6.45, 7) is 6.19. The predicted octanol–water partition coefficient (Wildman–Crippen LogP) is 0.00440. The molecule has 0 spiro atoms. The van der Waals surface area contributed by atoms with Gasteiger partial charge in [0.1, 0.15) is 0 Å². The molecular formula is C12H23N3O. The largest absolute Gasteiger partial charge is 0.348 e. The lowest BCUT2D eigenvalue weighted by atomic mass is 9.93. The van der Waals surface area contributed by atoms with Crippen LogP contribution in [0.25, 0.3) is 0 Å². The number of nitrogens with zero attached hydrogens (tertiary/aromatic N) is 2. The topological polar surface area (TPSA) is 35.6 Å². The zero-order valence-electron chi connectivity index (χ0n) is 10.6. The van der Waals surface area contributed by atoms with Gasteiger partial charge in [0.2, 0.25) is 5.91 Å². The molecule has 0 bridgehead atoms. The van der Waals surface area contributed by atoms with Gasteiger partial charge in [0, 0.05) is 26.7 Å². The molecule has 1 N–H and O–H groups in total. The summed E-state index contributed by atoms with van der Waals surface area (Å²) in [5.74, 6) is 1.76. The average Bonchev–Trinajstić information content (AvgIpc) is 2.77. The van der Waals surface area contributed by atoms with Gasteiger partial charge in [0.15, 0.2) is 0 Å². The van der Waals surface area contributed by atoms with Crippen LogP contribution >= 0.6 is 0 Å². The fourth-order valence-corrected chi connectivity index (χ4v) is 3.17. The third-order valence-electron chi connectivity index (χ3n) is 4.08. The van der Waals surface area contributed by atoms with Crippen LogP contribution in [0.4, 0.5) is 0 Å². The molecule has 2 aliphatic heterocycles. The molecule has 2 heterocycles. The molecule has 16 heavy (non-hydrogen) atoms. The Bertz CT molecular complexity index is 267. The van der Waals surface area contributed by atoms with Crippen molar-refractivity contribution in [3.63, 3.8) is 0 Å². The van der Waals surface area contributed by atoms with E-state index in [0.717, 1.165) is 37.9 Å². The lowest BCUT2D eigenvalue weighted by Crippen LogP contribution is -2.41. The Morgan fingerprint density at radius 2 is 2.19 bits per heavy atom. The van der Waals surface area contributed by atoms with Crippen LogP contribution in [-0.4, -0.2) is 62.0 Å². The summed E-state index contributed by atoms with van der Waals surface area (Å²) in [7, 11) is 3.67. The highest BCUT2D eigenvalue weighted by molar-refractivity contribution is 5.77. The molecule has 2 aliphatic rings. The smallest absolute Gasteiger partial charge is 0.236 e. The molecule has 0 radical (unpaired) electrons. The van der Waals surface area contributed by atoms with Gasteiger partial charge in [-0.2, -0.15) is 0 Å². The third-order valence-corrected chi connectivity index (χ3v) is 4.08. The molecule has 2 saturated heterocycles. The summed E-state index contributed by atoms with van der Waals surface area (Å²) in [5, 5.41) is 3.46. The number of fused-ring (bicyclic) bond motifs is 1. The van der Waals surface area contributed by atoms with Gasteiger partial charge in [0.05, 0.1) is 6.54 Å². The number of likely N-dealkylation sites (tertiary alicyclic amines) is 1. The van der Waals surface area contributed by atoms with Crippen LogP contribution in [0.1, 0.15) is 13.3 Å². The van der Waals surface area contributed by atoms with Gasteiger partial charge in [-0.05, 0) is 31.3 Å². The van der Waals surface area contributed by atoms with Gasteiger partial charge in [-0.25, -0.2) is 0 Å². The van der Waals surface area contributed by atoms with Crippen molar-refractivity contribution in [2.45, 2.75) is 19.4 Å². The van der Waals surface area contributed by atoms with E-state index in [1.165, 1.54) is 0 Å². The first-order valence-corrected chi connectivity index (χ1v) is 6.28. The second kappa shape index (κ2) is 4.72. The van der Waals surface area contributed by atoms with E-state index in [-0.39, 0.29) is 5.91 Å². The Balaban J connectivity index is 1.97. The van der Waals surface area contributed by atoms with Crippen LogP contribution in [-0.2, 0) is 4.79 Å². The molecular weight excluding hydrogens is 202 g/mol. The van der Waals surface area contributed by atoms with Crippen LogP contribution in [0.5, 0.6) is 0 Å². The molecule has 0 saturated carbocycles. The molecule has 4 heteroatoms. The number of carbonyl (C=O) groups excluding carboxylic acids is 1. The van der Waals surface area contributed by atoms with E-state index >= 15 is 0 Å². The second-order valence-electron chi connectivity index (χ2n) is 5.28. The van der Waals surface area contributed by atoms with Crippen LogP contribution < -0.4 is 5.32 Å². The summed E-state index contributed by atoms with van der Waals surface area (Å²) in [6, 6.07) is 0.601. The van der Waals surface area contributed by atoms with Gasteiger partial charge in [-0.15, -0.1) is 0 Å². The molecule has 0 aromatic carbocycles. The van der Waals surface area contributed by atoms with Crippen molar-refractivity contribution < 1.29 is 4.79 Å². The maximum Gasteiger partial charge on any atom is 0.236 e. The lowest BCUT2D eigenvalue weighted by molar-refractivity contribution is -0.130. The molecule has 0 aromatic rings. The van der Waals surface area contributed by atoms with Crippen molar-refractivity contribution in [2.24, 2.45) is 11.8 Å². The average molecular weight is 225 g/mol. The van der Waals surface area contributed by atoms with E-state index < -0.39 is 0 Å². The van der Waals surface area contributed by atoms with E-state index in [4.69, 9.17) is 0 Å². The maximum absolute atomic E-state index is 11.7. The van der Waals surface area contributed by atoms with Crippen molar-refractivity contribution in [3.8, 4) is 0 Å². The van der Waals surface area contributed by atoms with Gasteiger partial charge in [0.25, 0.3) is 0 Å². The van der Waals surface area contributed by atoms with Crippen molar-refractivity contribution in [1.29, 1.82) is 0 Å². The number of rotatable bonds is 3. The number of amides is 1. The van der Waals surface area contributed by atoms with Crippen molar-refractivity contribution in [1.82, 2.24) is 15.1 Å². The van der Waals surface area contributed by atoms with E-state index in [0.29, 0.717) is 12.6 Å². The standard InChI is InChI=1S/C12H23N3O/c1-4-11-10-6-13-5-9(10)7-15(11)8-12(16)14(2)3/h9-11,13H,4-8H2,1-3H3. The first-order valence-electron chi connectivity index (χ1n) is 6.28. The maximum atomic E-state index is 11.7. The Labute approximate surface area is 98.0 Å². The Kier molecular flexibility index (Phi) is 3.50. The fraction of sp³-hybridized carbons (Fsp3) is 0.917. The first kappa shape index (κ1) is 11.9. The molecule has 1 amide bonds. The van der Waals surface area contributed by atoms with Gasteiger partial charge in [-0.3, -0.25) is 9.69 Å². The summed E-state index contributed by atoms with van der Waals surface area (Å²) < 4.78 is 0. The van der Waals surface area contributed by atoms with Crippen molar-refractivity contribution >= 4 is 5.91 Å². The molecule has 3 unspecified atom stereocenters.